The van der Waals surface area contributed by atoms with E-state index in [0.717, 1.165) is 6.07 Å². The number of amides is 1. The summed E-state index contributed by atoms with van der Waals surface area (Å²) in [5, 5.41) is 2.68. The topological polar surface area (TPSA) is 101 Å². The first kappa shape index (κ1) is 20.7. The van der Waals surface area contributed by atoms with Crippen LogP contribution in [0.4, 0.5) is 15.8 Å². The predicted octanol–water partition coefficient (Wildman–Crippen LogP) is 3.79. The minimum absolute atomic E-state index is 0.0259. The number of nitrogens with zero attached hydrogens (tertiary/aromatic N) is 2. The summed E-state index contributed by atoms with van der Waals surface area (Å²) in [7, 11) is -3.39. The Bertz CT molecular complexity index is 1180. The lowest BCUT2D eigenvalue weighted by molar-refractivity contribution is 0.102. The quantitative estimate of drug-likeness (QED) is 0.637. The van der Waals surface area contributed by atoms with Crippen molar-refractivity contribution in [1.82, 2.24) is 9.97 Å². The number of anilines is 2. The van der Waals surface area contributed by atoms with Gasteiger partial charge >= 0.3 is 0 Å². The summed E-state index contributed by atoms with van der Waals surface area (Å²) >= 11 is 0. The highest BCUT2D eigenvalue weighted by Crippen LogP contribution is 2.21. The molecule has 0 aliphatic carbocycles. The summed E-state index contributed by atoms with van der Waals surface area (Å²) in [6, 6.07) is 8.56. The average molecular weight is 416 g/mol. The van der Waals surface area contributed by atoms with Gasteiger partial charge < -0.3 is 5.32 Å². The molecular weight excluding hydrogens is 395 g/mol. The maximum atomic E-state index is 14.0. The van der Waals surface area contributed by atoms with Gasteiger partial charge in [-0.1, -0.05) is 6.92 Å². The SMILES string of the molecule is CCCS(=O)(=O)Nc1ccc(NC(=O)c2cc(F)cc3nc(C)c(C)nc23)cc1. The molecule has 9 heteroatoms. The van der Waals surface area contributed by atoms with Crippen LogP contribution in [-0.4, -0.2) is 30.0 Å². The Hall–Kier alpha value is -3.07. The van der Waals surface area contributed by atoms with Gasteiger partial charge in [-0.25, -0.2) is 22.8 Å². The molecule has 3 aromatic rings. The van der Waals surface area contributed by atoms with Gasteiger partial charge in [-0.15, -0.1) is 0 Å². The second kappa shape index (κ2) is 8.12. The number of aromatic nitrogens is 2. The first-order valence-corrected chi connectivity index (χ1v) is 10.7. The molecule has 0 fully saturated rings. The predicted molar refractivity (Wildman–Crippen MR) is 111 cm³/mol. The van der Waals surface area contributed by atoms with E-state index in [0.29, 0.717) is 40.2 Å². The summed E-state index contributed by atoms with van der Waals surface area (Å²) in [6.07, 6.45) is 0.507. The molecule has 2 N–H and O–H groups in total. The second-order valence-electron chi connectivity index (χ2n) is 6.67. The number of carbonyl (C=O) groups excluding carboxylic acids is 1. The zero-order valence-corrected chi connectivity index (χ0v) is 17.1. The Morgan fingerprint density at radius 2 is 1.66 bits per heavy atom. The van der Waals surface area contributed by atoms with Gasteiger partial charge in [0.2, 0.25) is 10.0 Å². The Labute approximate surface area is 168 Å². The van der Waals surface area contributed by atoms with Gasteiger partial charge in [-0.3, -0.25) is 9.52 Å². The maximum Gasteiger partial charge on any atom is 0.258 e. The minimum atomic E-state index is -3.39. The van der Waals surface area contributed by atoms with Crippen molar-refractivity contribution in [2.75, 3.05) is 15.8 Å². The van der Waals surface area contributed by atoms with Gasteiger partial charge in [0.15, 0.2) is 0 Å². The molecule has 0 aliphatic rings. The number of rotatable bonds is 6. The fourth-order valence-corrected chi connectivity index (χ4v) is 3.92. The van der Waals surface area contributed by atoms with Crippen molar-refractivity contribution in [3.05, 3.63) is 59.2 Å². The maximum absolute atomic E-state index is 14.0. The molecule has 0 radical (unpaired) electrons. The second-order valence-corrected chi connectivity index (χ2v) is 8.51. The lowest BCUT2D eigenvalue weighted by atomic mass is 10.1. The van der Waals surface area contributed by atoms with Crippen molar-refractivity contribution >= 4 is 38.3 Å². The number of fused-ring (bicyclic) bond motifs is 1. The molecule has 0 spiro atoms. The molecule has 29 heavy (non-hydrogen) atoms. The summed E-state index contributed by atoms with van der Waals surface area (Å²) < 4.78 is 40.1. The molecular formula is C20H21FN4O3S. The molecule has 1 aromatic heterocycles. The molecule has 1 heterocycles. The van der Waals surface area contributed by atoms with Crippen LogP contribution >= 0.6 is 0 Å². The lowest BCUT2D eigenvalue weighted by Crippen LogP contribution is -2.16. The molecule has 7 nitrogen and oxygen atoms in total. The molecule has 152 valence electrons. The first-order chi connectivity index (χ1) is 13.7. The standard InChI is InChI=1S/C20H21FN4O3S/c1-4-9-29(27,28)25-16-7-5-15(6-8-16)24-20(26)17-10-14(21)11-18-19(17)23-13(3)12(2)22-18/h5-8,10-11,25H,4,9H2,1-3H3,(H,24,26). The van der Waals surface area contributed by atoms with Crippen LogP contribution < -0.4 is 10.0 Å². The first-order valence-electron chi connectivity index (χ1n) is 9.05. The number of halogens is 1. The number of benzene rings is 2. The number of hydrogen-bond acceptors (Lipinski definition) is 5. The van der Waals surface area contributed by atoms with E-state index in [-0.39, 0.29) is 11.3 Å². The van der Waals surface area contributed by atoms with Gasteiger partial charge in [0.25, 0.3) is 5.91 Å². The van der Waals surface area contributed by atoms with Crippen LogP contribution in [0.15, 0.2) is 36.4 Å². The monoisotopic (exact) mass is 416 g/mol. The van der Waals surface area contributed by atoms with Crippen molar-refractivity contribution in [2.45, 2.75) is 27.2 Å². The number of aryl methyl sites for hydroxylation is 2. The van der Waals surface area contributed by atoms with Gasteiger partial charge in [0, 0.05) is 17.4 Å². The smallest absolute Gasteiger partial charge is 0.258 e. The summed E-state index contributed by atoms with van der Waals surface area (Å²) in [6.45, 7) is 5.31. The van der Waals surface area contributed by atoms with E-state index in [1.54, 1.807) is 45.0 Å². The highest BCUT2D eigenvalue weighted by atomic mass is 32.2. The van der Waals surface area contributed by atoms with Crippen molar-refractivity contribution in [2.24, 2.45) is 0 Å². The number of hydrogen-bond donors (Lipinski definition) is 2. The van der Waals surface area contributed by atoms with E-state index in [9.17, 15) is 17.6 Å². The van der Waals surface area contributed by atoms with Crippen LogP contribution in [0.3, 0.4) is 0 Å². The van der Waals surface area contributed by atoms with Crippen LogP contribution in [0, 0.1) is 19.7 Å². The summed E-state index contributed by atoms with van der Waals surface area (Å²) in [5.41, 5.74) is 2.84. The molecule has 1 amide bonds. The minimum Gasteiger partial charge on any atom is -0.322 e. The highest BCUT2D eigenvalue weighted by molar-refractivity contribution is 7.92. The Morgan fingerprint density at radius 1 is 1.03 bits per heavy atom. The van der Waals surface area contributed by atoms with Crippen LogP contribution in [0.25, 0.3) is 11.0 Å². The third kappa shape index (κ3) is 4.86. The van der Waals surface area contributed by atoms with E-state index in [2.05, 4.69) is 20.0 Å². The van der Waals surface area contributed by atoms with Crippen LogP contribution in [0.2, 0.25) is 0 Å². The van der Waals surface area contributed by atoms with Crippen molar-refractivity contribution in [3.8, 4) is 0 Å². The van der Waals surface area contributed by atoms with E-state index < -0.39 is 21.7 Å². The third-order valence-electron chi connectivity index (χ3n) is 4.28. The molecule has 0 unspecified atom stereocenters. The van der Waals surface area contributed by atoms with Crippen LogP contribution in [-0.2, 0) is 10.0 Å². The zero-order valence-electron chi connectivity index (χ0n) is 16.3. The normalized spacial score (nSPS) is 11.4. The largest absolute Gasteiger partial charge is 0.322 e. The van der Waals surface area contributed by atoms with Crippen molar-refractivity contribution < 1.29 is 17.6 Å². The fraction of sp³-hybridized carbons (Fsp3) is 0.250. The van der Waals surface area contributed by atoms with Gasteiger partial charge in [0.05, 0.1) is 28.2 Å². The number of nitrogens with one attached hydrogen (secondary N) is 2. The van der Waals surface area contributed by atoms with E-state index in [1.165, 1.54) is 6.07 Å². The molecule has 0 saturated heterocycles. The van der Waals surface area contributed by atoms with E-state index in [4.69, 9.17) is 0 Å². The van der Waals surface area contributed by atoms with Crippen LogP contribution in [0.1, 0.15) is 35.1 Å². The van der Waals surface area contributed by atoms with E-state index in [1.807, 2.05) is 0 Å². The fourth-order valence-electron chi connectivity index (χ4n) is 2.79. The molecule has 0 aliphatic heterocycles. The molecule has 0 bridgehead atoms. The summed E-state index contributed by atoms with van der Waals surface area (Å²) in [4.78, 5) is 21.4. The third-order valence-corrected chi connectivity index (χ3v) is 5.77. The highest BCUT2D eigenvalue weighted by Gasteiger charge is 2.16. The average Bonchev–Trinajstić information content (AvgIpc) is 2.63. The lowest BCUT2D eigenvalue weighted by Gasteiger charge is -2.11. The van der Waals surface area contributed by atoms with Gasteiger partial charge in [0.1, 0.15) is 11.3 Å². The van der Waals surface area contributed by atoms with Gasteiger partial charge in [-0.2, -0.15) is 0 Å². The van der Waals surface area contributed by atoms with E-state index >= 15 is 0 Å². The Morgan fingerprint density at radius 3 is 2.31 bits per heavy atom. The zero-order chi connectivity index (χ0) is 21.2. The number of carbonyl (C=O) groups is 1. The van der Waals surface area contributed by atoms with Crippen LogP contribution in [0.5, 0.6) is 0 Å². The van der Waals surface area contributed by atoms with Crippen molar-refractivity contribution in [3.63, 3.8) is 0 Å². The Kier molecular flexibility index (Phi) is 5.78. The van der Waals surface area contributed by atoms with Crippen molar-refractivity contribution in [1.29, 1.82) is 0 Å². The summed E-state index contributed by atoms with van der Waals surface area (Å²) in [5.74, 6) is -1.09. The molecule has 0 atom stereocenters. The molecule has 0 saturated carbocycles. The van der Waals surface area contributed by atoms with Gasteiger partial charge in [-0.05, 0) is 50.6 Å². The molecule has 2 aromatic carbocycles. The molecule has 3 rings (SSSR count). The number of sulfonamides is 1. The Balaban J connectivity index is 1.84.